The molecule has 0 aliphatic carbocycles. The highest BCUT2D eigenvalue weighted by atomic mass is 16.5. The van der Waals surface area contributed by atoms with Gasteiger partial charge >= 0.3 is 5.97 Å². The van der Waals surface area contributed by atoms with E-state index in [-0.39, 0.29) is 5.97 Å². The van der Waals surface area contributed by atoms with Gasteiger partial charge in [0.2, 0.25) is 0 Å². The standard InChI is InChI=1S/C49H98O2/c1-5-9-13-17-21-24-26-27-29-32-35-38-42-47(41-37-34-31-28-25-22-18-14-10-6-2)45-49(50)51-46-48(43-39-33-20-16-12-8-4)44-40-36-30-23-19-15-11-7-3/h47-48H,5-46H2,1-4H3. The van der Waals surface area contributed by atoms with Crippen molar-refractivity contribution in [1.82, 2.24) is 0 Å². The van der Waals surface area contributed by atoms with Crippen LogP contribution in [0.25, 0.3) is 0 Å². The van der Waals surface area contributed by atoms with Crippen molar-refractivity contribution in [2.45, 2.75) is 291 Å². The Morgan fingerprint density at radius 2 is 0.529 bits per heavy atom. The van der Waals surface area contributed by atoms with Crippen LogP contribution in [0.2, 0.25) is 0 Å². The zero-order valence-electron chi connectivity index (χ0n) is 36.2. The Kier molecular flexibility index (Phi) is 43.4. The van der Waals surface area contributed by atoms with Crippen LogP contribution in [0, 0.1) is 11.8 Å². The number of hydrogen-bond donors (Lipinski definition) is 0. The van der Waals surface area contributed by atoms with E-state index in [1.165, 1.54) is 257 Å². The number of rotatable bonds is 44. The first kappa shape index (κ1) is 50.5. The predicted octanol–water partition coefficient (Wildman–Crippen LogP) is 17.8. The summed E-state index contributed by atoms with van der Waals surface area (Å²) in [6, 6.07) is 0. The summed E-state index contributed by atoms with van der Waals surface area (Å²) >= 11 is 0. The largest absolute Gasteiger partial charge is 0.465 e. The number of carbonyl (C=O) groups is 1. The second-order valence-corrected chi connectivity index (χ2v) is 17.1. The summed E-state index contributed by atoms with van der Waals surface area (Å²) in [6.45, 7) is 9.88. The molecule has 0 saturated heterocycles. The van der Waals surface area contributed by atoms with E-state index in [1.807, 2.05) is 0 Å². The highest BCUT2D eigenvalue weighted by Gasteiger charge is 2.17. The molecule has 0 radical (unpaired) electrons. The van der Waals surface area contributed by atoms with Crippen molar-refractivity contribution >= 4 is 5.97 Å². The molecule has 0 aromatic heterocycles. The molecular formula is C49H98O2. The molecule has 2 atom stereocenters. The van der Waals surface area contributed by atoms with Crippen LogP contribution in [0.4, 0.5) is 0 Å². The van der Waals surface area contributed by atoms with E-state index in [9.17, 15) is 4.79 Å². The first-order valence-corrected chi connectivity index (χ1v) is 24.3. The Morgan fingerprint density at radius 1 is 0.314 bits per heavy atom. The molecule has 2 heteroatoms. The van der Waals surface area contributed by atoms with Crippen LogP contribution in [-0.2, 0) is 9.53 Å². The fraction of sp³-hybridized carbons (Fsp3) is 0.980. The Bertz CT molecular complexity index is 644. The molecular weight excluding hydrogens is 621 g/mol. The number of hydrogen-bond acceptors (Lipinski definition) is 2. The van der Waals surface area contributed by atoms with Gasteiger partial charge in [0, 0.05) is 6.42 Å². The number of ether oxygens (including phenoxy) is 1. The van der Waals surface area contributed by atoms with Gasteiger partial charge in [-0.25, -0.2) is 0 Å². The third-order valence-electron chi connectivity index (χ3n) is 11.8. The summed E-state index contributed by atoms with van der Waals surface area (Å²) in [5.41, 5.74) is 0. The molecule has 0 spiro atoms. The molecule has 0 amide bonds. The third kappa shape index (κ3) is 40.5. The minimum atomic E-state index is 0.106. The van der Waals surface area contributed by atoms with Crippen LogP contribution < -0.4 is 0 Å². The van der Waals surface area contributed by atoms with E-state index in [4.69, 9.17) is 4.74 Å². The maximum Gasteiger partial charge on any atom is 0.306 e. The van der Waals surface area contributed by atoms with Gasteiger partial charge in [-0.05, 0) is 37.5 Å². The van der Waals surface area contributed by atoms with Crippen molar-refractivity contribution in [2.75, 3.05) is 6.61 Å². The van der Waals surface area contributed by atoms with E-state index in [0.717, 1.165) is 0 Å². The lowest BCUT2D eigenvalue weighted by atomic mass is 9.91. The number of esters is 1. The van der Waals surface area contributed by atoms with Crippen molar-refractivity contribution in [2.24, 2.45) is 11.8 Å². The van der Waals surface area contributed by atoms with Crippen LogP contribution in [0.1, 0.15) is 291 Å². The lowest BCUT2D eigenvalue weighted by Crippen LogP contribution is -2.17. The molecule has 0 aromatic rings. The molecule has 0 aliphatic rings. The van der Waals surface area contributed by atoms with Crippen LogP contribution in [0.3, 0.4) is 0 Å². The number of unbranched alkanes of at least 4 members (excludes halogenated alkanes) is 32. The molecule has 0 aliphatic heterocycles. The molecule has 2 unspecified atom stereocenters. The summed E-state index contributed by atoms with van der Waals surface area (Å²) < 4.78 is 6.13. The Hall–Kier alpha value is -0.530. The Balaban J connectivity index is 4.64. The lowest BCUT2D eigenvalue weighted by molar-refractivity contribution is -0.146. The summed E-state index contributed by atoms with van der Waals surface area (Å²) in [5, 5.41) is 0. The van der Waals surface area contributed by atoms with E-state index in [2.05, 4.69) is 27.7 Å². The summed E-state index contributed by atoms with van der Waals surface area (Å²) in [5.74, 6) is 1.20. The molecule has 306 valence electrons. The van der Waals surface area contributed by atoms with E-state index >= 15 is 0 Å². The van der Waals surface area contributed by atoms with Gasteiger partial charge in [-0.3, -0.25) is 4.79 Å². The van der Waals surface area contributed by atoms with Crippen LogP contribution in [-0.4, -0.2) is 12.6 Å². The van der Waals surface area contributed by atoms with Crippen LogP contribution in [0.5, 0.6) is 0 Å². The average Bonchev–Trinajstić information content (AvgIpc) is 3.13. The molecule has 0 rings (SSSR count). The van der Waals surface area contributed by atoms with E-state index < -0.39 is 0 Å². The minimum Gasteiger partial charge on any atom is -0.465 e. The Labute approximate surface area is 324 Å². The van der Waals surface area contributed by atoms with Crippen molar-refractivity contribution in [1.29, 1.82) is 0 Å². The van der Waals surface area contributed by atoms with Gasteiger partial charge in [0.25, 0.3) is 0 Å². The van der Waals surface area contributed by atoms with E-state index in [0.29, 0.717) is 24.9 Å². The molecule has 0 fully saturated rings. The van der Waals surface area contributed by atoms with Crippen LogP contribution >= 0.6 is 0 Å². The molecule has 0 aromatic carbocycles. The van der Waals surface area contributed by atoms with Crippen molar-refractivity contribution in [3.63, 3.8) is 0 Å². The zero-order chi connectivity index (χ0) is 37.1. The molecule has 51 heavy (non-hydrogen) atoms. The fourth-order valence-corrected chi connectivity index (χ4v) is 8.14. The normalized spacial score (nSPS) is 12.8. The monoisotopic (exact) mass is 719 g/mol. The maximum absolute atomic E-state index is 13.3. The summed E-state index contributed by atoms with van der Waals surface area (Å²) in [6.07, 6.45) is 55.3. The van der Waals surface area contributed by atoms with Gasteiger partial charge < -0.3 is 4.74 Å². The molecule has 2 nitrogen and oxygen atoms in total. The topological polar surface area (TPSA) is 26.3 Å². The zero-order valence-corrected chi connectivity index (χ0v) is 36.2. The molecule has 0 N–H and O–H groups in total. The van der Waals surface area contributed by atoms with E-state index in [1.54, 1.807) is 0 Å². The highest BCUT2D eigenvalue weighted by Crippen LogP contribution is 2.25. The second-order valence-electron chi connectivity index (χ2n) is 17.1. The summed E-state index contributed by atoms with van der Waals surface area (Å²) in [7, 11) is 0. The molecule has 0 bridgehead atoms. The van der Waals surface area contributed by atoms with Gasteiger partial charge in [0.05, 0.1) is 6.61 Å². The predicted molar refractivity (Wildman–Crippen MR) is 230 cm³/mol. The minimum absolute atomic E-state index is 0.106. The Morgan fingerprint density at radius 3 is 0.784 bits per heavy atom. The smallest absolute Gasteiger partial charge is 0.306 e. The van der Waals surface area contributed by atoms with Crippen LogP contribution in [0.15, 0.2) is 0 Å². The first-order chi connectivity index (χ1) is 25.2. The molecule has 0 saturated carbocycles. The van der Waals surface area contributed by atoms with Gasteiger partial charge in [0.15, 0.2) is 0 Å². The summed E-state index contributed by atoms with van der Waals surface area (Å²) in [4.78, 5) is 13.3. The SMILES string of the molecule is CCCCCCCCCCCCCCC(CCCCCCCCCCCC)CC(=O)OCC(CCCCCCCC)CCCCCCCCCC. The fourth-order valence-electron chi connectivity index (χ4n) is 8.14. The number of carbonyl (C=O) groups excluding carboxylic acids is 1. The van der Waals surface area contributed by atoms with Gasteiger partial charge in [0.1, 0.15) is 0 Å². The second kappa shape index (κ2) is 43.9. The molecule has 0 heterocycles. The first-order valence-electron chi connectivity index (χ1n) is 24.3. The van der Waals surface area contributed by atoms with Crippen molar-refractivity contribution < 1.29 is 9.53 Å². The van der Waals surface area contributed by atoms with Crippen molar-refractivity contribution in [3.8, 4) is 0 Å². The van der Waals surface area contributed by atoms with Gasteiger partial charge in [-0.1, -0.05) is 259 Å². The van der Waals surface area contributed by atoms with Gasteiger partial charge in [-0.15, -0.1) is 0 Å². The van der Waals surface area contributed by atoms with Crippen molar-refractivity contribution in [3.05, 3.63) is 0 Å². The highest BCUT2D eigenvalue weighted by molar-refractivity contribution is 5.69. The van der Waals surface area contributed by atoms with Gasteiger partial charge in [-0.2, -0.15) is 0 Å². The average molecular weight is 719 g/mol. The lowest BCUT2D eigenvalue weighted by Gasteiger charge is -2.20. The third-order valence-corrected chi connectivity index (χ3v) is 11.8. The quantitative estimate of drug-likeness (QED) is 0.0463. The maximum atomic E-state index is 13.3.